The van der Waals surface area contributed by atoms with E-state index in [9.17, 15) is 9.90 Å². The maximum Gasteiger partial charge on any atom is 0.323 e. The summed E-state index contributed by atoms with van der Waals surface area (Å²) in [6.45, 7) is 8.45. The molecule has 1 aliphatic heterocycles. The lowest BCUT2D eigenvalue weighted by atomic mass is 10.0. The number of ether oxygens (including phenoxy) is 2. The molecular formula is C12H23NO4. The second-order valence-corrected chi connectivity index (χ2v) is 5.66. The molecule has 1 aliphatic rings. The predicted octanol–water partition coefficient (Wildman–Crippen LogP) is 0.458. The van der Waals surface area contributed by atoms with Crippen LogP contribution in [0.4, 0.5) is 0 Å². The van der Waals surface area contributed by atoms with E-state index >= 15 is 0 Å². The third-order valence-corrected chi connectivity index (χ3v) is 2.58. The minimum atomic E-state index is -0.851. The molecule has 17 heavy (non-hydrogen) atoms. The molecule has 0 aromatic heterocycles. The maximum atomic E-state index is 11.7. The summed E-state index contributed by atoms with van der Waals surface area (Å²) in [6, 6.07) is -0.432. The average molecular weight is 245 g/mol. The largest absolute Gasteiger partial charge is 0.459 e. The van der Waals surface area contributed by atoms with Crippen LogP contribution in [0.25, 0.3) is 0 Å². The van der Waals surface area contributed by atoms with E-state index in [1.807, 2.05) is 20.8 Å². The Kier molecular flexibility index (Phi) is 4.52. The summed E-state index contributed by atoms with van der Waals surface area (Å²) in [5, 5.41) is 13.0. The molecule has 0 amide bonds. The van der Waals surface area contributed by atoms with E-state index < -0.39 is 17.2 Å². The second-order valence-electron chi connectivity index (χ2n) is 5.66. The number of carbonyl (C=O) groups is 1. The fourth-order valence-corrected chi connectivity index (χ4v) is 1.55. The van der Waals surface area contributed by atoms with Crippen molar-refractivity contribution in [1.82, 2.24) is 5.32 Å². The molecule has 5 heteroatoms. The SMILES string of the molecule is CC(NCC1(O)CCOC1)C(=O)OC(C)(C)C. The number of nitrogens with one attached hydrogen (secondary N) is 1. The molecule has 5 nitrogen and oxygen atoms in total. The summed E-state index contributed by atoms with van der Waals surface area (Å²) in [6.07, 6.45) is 0.598. The van der Waals surface area contributed by atoms with E-state index in [0.29, 0.717) is 26.2 Å². The number of carbonyl (C=O) groups excluding carboxylic acids is 1. The van der Waals surface area contributed by atoms with Gasteiger partial charge in [-0.05, 0) is 27.7 Å². The summed E-state index contributed by atoms with van der Waals surface area (Å²) in [5.41, 5.74) is -1.34. The van der Waals surface area contributed by atoms with Gasteiger partial charge in [0.15, 0.2) is 0 Å². The fraction of sp³-hybridized carbons (Fsp3) is 0.917. The lowest BCUT2D eigenvalue weighted by molar-refractivity contribution is -0.157. The Labute approximate surface area is 102 Å². The molecule has 0 aliphatic carbocycles. The highest BCUT2D eigenvalue weighted by atomic mass is 16.6. The molecule has 2 atom stereocenters. The van der Waals surface area contributed by atoms with Crippen molar-refractivity contribution in [1.29, 1.82) is 0 Å². The van der Waals surface area contributed by atoms with Gasteiger partial charge < -0.3 is 19.9 Å². The molecule has 0 radical (unpaired) electrons. The topological polar surface area (TPSA) is 67.8 Å². The van der Waals surface area contributed by atoms with Crippen LogP contribution in [0.15, 0.2) is 0 Å². The van der Waals surface area contributed by atoms with Crippen LogP contribution in [0.3, 0.4) is 0 Å². The normalized spacial score (nSPS) is 26.9. The van der Waals surface area contributed by atoms with Crippen molar-refractivity contribution in [2.24, 2.45) is 0 Å². The zero-order valence-electron chi connectivity index (χ0n) is 11.1. The Hall–Kier alpha value is -0.650. The highest BCUT2D eigenvalue weighted by Gasteiger charge is 2.33. The summed E-state index contributed by atoms with van der Waals surface area (Å²) in [7, 11) is 0. The standard InChI is InChI=1S/C12H23NO4/c1-9(10(14)17-11(2,3)4)13-7-12(15)5-6-16-8-12/h9,13,15H,5-8H2,1-4H3. The first-order valence-corrected chi connectivity index (χ1v) is 5.98. The zero-order valence-corrected chi connectivity index (χ0v) is 11.1. The lowest BCUT2D eigenvalue weighted by Crippen LogP contribution is -2.47. The molecule has 0 aromatic rings. The van der Waals surface area contributed by atoms with Crippen molar-refractivity contribution >= 4 is 5.97 Å². The predicted molar refractivity (Wildman–Crippen MR) is 63.7 cm³/mol. The zero-order chi connectivity index (χ0) is 13.1. The molecule has 0 spiro atoms. The molecular weight excluding hydrogens is 222 g/mol. The summed E-state index contributed by atoms with van der Waals surface area (Å²) in [4.78, 5) is 11.7. The van der Waals surface area contributed by atoms with Crippen molar-refractivity contribution < 1.29 is 19.4 Å². The van der Waals surface area contributed by atoms with Gasteiger partial charge in [0, 0.05) is 19.6 Å². The monoisotopic (exact) mass is 245 g/mol. The van der Waals surface area contributed by atoms with Crippen LogP contribution in [-0.4, -0.2) is 48.1 Å². The number of hydrogen-bond acceptors (Lipinski definition) is 5. The Morgan fingerprint density at radius 2 is 2.24 bits per heavy atom. The molecule has 1 heterocycles. The van der Waals surface area contributed by atoms with Crippen LogP contribution in [0.2, 0.25) is 0 Å². The van der Waals surface area contributed by atoms with Gasteiger partial charge >= 0.3 is 5.97 Å². The number of esters is 1. The molecule has 1 saturated heterocycles. The van der Waals surface area contributed by atoms with Gasteiger partial charge in [0.2, 0.25) is 0 Å². The summed E-state index contributed by atoms with van der Waals surface area (Å²) < 4.78 is 10.4. The van der Waals surface area contributed by atoms with Gasteiger partial charge in [-0.3, -0.25) is 4.79 Å². The van der Waals surface area contributed by atoms with Crippen LogP contribution >= 0.6 is 0 Å². The quantitative estimate of drug-likeness (QED) is 0.704. The maximum absolute atomic E-state index is 11.7. The van der Waals surface area contributed by atoms with E-state index in [2.05, 4.69) is 5.32 Å². The molecule has 0 saturated carbocycles. The van der Waals surface area contributed by atoms with Gasteiger partial charge in [-0.25, -0.2) is 0 Å². The van der Waals surface area contributed by atoms with Crippen LogP contribution in [0.1, 0.15) is 34.1 Å². The van der Waals surface area contributed by atoms with Gasteiger partial charge in [-0.1, -0.05) is 0 Å². The Bertz CT molecular complexity index is 266. The number of hydrogen-bond donors (Lipinski definition) is 2. The first kappa shape index (κ1) is 14.4. The minimum absolute atomic E-state index is 0.306. The van der Waals surface area contributed by atoms with E-state index in [1.165, 1.54) is 0 Å². The van der Waals surface area contributed by atoms with Crippen LogP contribution in [0, 0.1) is 0 Å². The van der Waals surface area contributed by atoms with Crippen molar-refractivity contribution in [3.05, 3.63) is 0 Å². The van der Waals surface area contributed by atoms with E-state index in [1.54, 1.807) is 6.92 Å². The first-order valence-electron chi connectivity index (χ1n) is 5.98. The minimum Gasteiger partial charge on any atom is -0.459 e. The van der Waals surface area contributed by atoms with Gasteiger partial charge in [0.25, 0.3) is 0 Å². The third-order valence-electron chi connectivity index (χ3n) is 2.58. The fourth-order valence-electron chi connectivity index (χ4n) is 1.55. The van der Waals surface area contributed by atoms with Gasteiger partial charge in [0.05, 0.1) is 6.61 Å². The van der Waals surface area contributed by atoms with E-state index in [-0.39, 0.29) is 5.97 Å². The highest BCUT2D eigenvalue weighted by molar-refractivity contribution is 5.75. The number of rotatable bonds is 4. The average Bonchev–Trinajstić information content (AvgIpc) is 2.59. The summed E-state index contributed by atoms with van der Waals surface area (Å²) in [5.74, 6) is -0.306. The first-order chi connectivity index (χ1) is 7.72. The smallest absolute Gasteiger partial charge is 0.323 e. The van der Waals surface area contributed by atoms with Crippen LogP contribution in [-0.2, 0) is 14.3 Å². The van der Waals surface area contributed by atoms with Gasteiger partial charge in [0.1, 0.15) is 17.2 Å². The molecule has 100 valence electrons. The Morgan fingerprint density at radius 3 is 2.71 bits per heavy atom. The second kappa shape index (κ2) is 5.33. The van der Waals surface area contributed by atoms with Gasteiger partial charge in [-0.15, -0.1) is 0 Å². The van der Waals surface area contributed by atoms with Crippen molar-refractivity contribution in [2.75, 3.05) is 19.8 Å². The van der Waals surface area contributed by atoms with Crippen molar-refractivity contribution in [3.8, 4) is 0 Å². The van der Waals surface area contributed by atoms with E-state index in [0.717, 1.165) is 0 Å². The molecule has 2 N–H and O–H groups in total. The van der Waals surface area contributed by atoms with Crippen molar-refractivity contribution in [2.45, 2.75) is 51.4 Å². The molecule has 1 rings (SSSR count). The molecule has 2 unspecified atom stereocenters. The van der Waals surface area contributed by atoms with Crippen LogP contribution in [0.5, 0.6) is 0 Å². The van der Waals surface area contributed by atoms with Gasteiger partial charge in [-0.2, -0.15) is 0 Å². The molecule has 1 fully saturated rings. The number of aliphatic hydroxyl groups is 1. The third kappa shape index (κ3) is 5.02. The Balaban J connectivity index is 2.33. The lowest BCUT2D eigenvalue weighted by Gasteiger charge is -2.26. The summed E-state index contributed by atoms with van der Waals surface area (Å²) >= 11 is 0. The highest BCUT2D eigenvalue weighted by Crippen LogP contribution is 2.17. The van der Waals surface area contributed by atoms with Crippen molar-refractivity contribution in [3.63, 3.8) is 0 Å². The molecule has 0 bridgehead atoms. The molecule has 0 aromatic carbocycles. The van der Waals surface area contributed by atoms with E-state index in [4.69, 9.17) is 9.47 Å². The Morgan fingerprint density at radius 1 is 1.59 bits per heavy atom. The van der Waals surface area contributed by atoms with Crippen LogP contribution < -0.4 is 5.32 Å².